The van der Waals surface area contributed by atoms with Crippen molar-refractivity contribution in [2.45, 2.75) is 89.6 Å². The van der Waals surface area contributed by atoms with E-state index in [0.717, 1.165) is 51.4 Å². The molecular formula is C21H34O7. The fourth-order valence-corrected chi connectivity index (χ4v) is 4.25. The Hall–Kier alpha value is -1.47. The lowest BCUT2D eigenvalue weighted by Gasteiger charge is -2.28. The van der Waals surface area contributed by atoms with Gasteiger partial charge in [0, 0.05) is 25.9 Å². The summed E-state index contributed by atoms with van der Waals surface area (Å²) in [6.07, 6.45) is 8.36. The number of carbonyl (C=O) groups is 3. The number of methoxy groups -OCH3 is 1. The van der Waals surface area contributed by atoms with Gasteiger partial charge in [0.25, 0.3) is 0 Å². The Balaban J connectivity index is 1.80. The number of hydrogen-bond acceptors (Lipinski definition) is 7. The van der Waals surface area contributed by atoms with E-state index in [0.29, 0.717) is 25.7 Å². The zero-order valence-electron chi connectivity index (χ0n) is 17.1. The van der Waals surface area contributed by atoms with Crippen LogP contribution in [-0.4, -0.2) is 50.4 Å². The molecule has 0 aromatic rings. The van der Waals surface area contributed by atoms with Gasteiger partial charge in [-0.1, -0.05) is 0 Å². The third-order valence-electron chi connectivity index (χ3n) is 5.74. The quantitative estimate of drug-likeness (QED) is 0.390. The van der Waals surface area contributed by atoms with E-state index in [2.05, 4.69) is 4.74 Å². The number of aldehydes is 1. The fourth-order valence-electron chi connectivity index (χ4n) is 4.25. The lowest BCUT2D eigenvalue weighted by atomic mass is 9.90. The summed E-state index contributed by atoms with van der Waals surface area (Å²) in [5.74, 6) is -0.497. The van der Waals surface area contributed by atoms with Gasteiger partial charge in [0.15, 0.2) is 6.29 Å². The molecule has 28 heavy (non-hydrogen) atoms. The summed E-state index contributed by atoms with van der Waals surface area (Å²) < 4.78 is 21.8. The second-order valence-electron chi connectivity index (χ2n) is 7.80. The predicted octanol–water partition coefficient (Wildman–Crippen LogP) is 3.18. The zero-order valence-corrected chi connectivity index (χ0v) is 17.1. The smallest absolute Gasteiger partial charge is 0.305 e. The number of hydrogen-bond donors (Lipinski definition) is 0. The van der Waals surface area contributed by atoms with Crippen molar-refractivity contribution in [3.05, 3.63) is 0 Å². The third kappa shape index (κ3) is 7.51. The molecule has 2 unspecified atom stereocenters. The van der Waals surface area contributed by atoms with Gasteiger partial charge in [-0.05, 0) is 63.7 Å². The summed E-state index contributed by atoms with van der Waals surface area (Å²) in [5, 5.41) is 0. The minimum Gasteiger partial charge on any atom is -0.469 e. The molecule has 0 bridgehead atoms. The zero-order chi connectivity index (χ0) is 20.4. The number of ether oxygens (including phenoxy) is 4. The average Bonchev–Trinajstić information content (AvgIpc) is 3.07. The van der Waals surface area contributed by atoms with E-state index in [-0.39, 0.29) is 42.3 Å². The summed E-state index contributed by atoms with van der Waals surface area (Å²) in [5.41, 5.74) is 0. The molecule has 0 radical (unpaired) electrons. The third-order valence-corrected chi connectivity index (χ3v) is 5.74. The second kappa shape index (κ2) is 12.2. The lowest BCUT2D eigenvalue weighted by molar-refractivity contribution is -0.194. The van der Waals surface area contributed by atoms with Crippen molar-refractivity contribution in [1.29, 1.82) is 0 Å². The van der Waals surface area contributed by atoms with Gasteiger partial charge in [-0.2, -0.15) is 0 Å². The molecular weight excluding hydrogens is 364 g/mol. The van der Waals surface area contributed by atoms with Crippen molar-refractivity contribution in [1.82, 2.24) is 0 Å². The summed E-state index contributed by atoms with van der Waals surface area (Å²) >= 11 is 0. The first-order valence-corrected chi connectivity index (χ1v) is 10.5. The second-order valence-corrected chi connectivity index (χ2v) is 7.80. The Morgan fingerprint density at radius 1 is 1.18 bits per heavy atom. The molecule has 7 heteroatoms. The first-order valence-electron chi connectivity index (χ1n) is 10.5. The molecule has 1 saturated carbocycles. The van der Waals surface area contributed by atoms with Gasteiger partial charge < -0.3 is 23.7 Å². The van der Waals surface area contributed by atoms with Crippen molar-refractivity contribution in [2.75, 3.05) is 13.7 Å². The van der Waals surface area contributed by atoms with Crippen molar-refractivity contribution >= 4 is 18.2 Å². The molecule has 160 valence electrons. The van der Waals surface area contributed by atoms with Crippen LogP contribution in [0.4, 0.5) is 0 Å². The largest absolute Gasteiger partial charge is 0.469 e. The summed E-state index contributed by atoms with van der Waals surface area (Å²) in [6, 6.07) is 0. The monoisotopic (exact) mass is 398 g/mol. The van der Waals surface area contributed by atoms with Gasteiger partial charge in [-0.25, -0.2) is 0 Å². The van der Waals surface area contributed by atoms with Crippen LogP contribution in [0.5, 0.6) is 0 Å². The van der Waals surface area contributed by atoms with Crippen molar-refractivity contribution in [2.24, 2.45) is 11.8 Å². The minimum atomic E-state index is -0.322. The highest BCUT2D eigenvalue weighted by Gasteiger charge is 2.38. The molecule has 1 saturated heterocycles. The summed E-state index contributed by atoms with van der Waals surface area (Å²) in [7, 11) is 1.36. The van der Waals surface area contributed by atoms with Crippen LogP contribution < -0.4 is 0 Å². The van der Waals surface area contributed by atoms with E-state index in [1.165, 1.54) is 14.0 Å². The van der Waals surface area contributed by atoms with E-state index in [9.17, 15) is 14.4 Å². The van der Waals surface area contributed by atoms with E-state index in [4.69, 9.17) is 14.2 Å². The van der Waals surface area contributed by atoms with Gasteiger partial charge in [0.2, 0.25) is 0 Å². The van der Waals surface area contributed by atoms with Gasteiger partial charge >= 0.3 is 11.9 Å². The van der Waals surface area contributed by atoms with Gasteiger partial charge in [-0.3, -0.25) is 9.59 Å². The summed E-state index contributed by atoms with van der Waals surface area (Å²) in [6.45, 7) is 2.12. The van der Waals surface area contributed by atoms with Crippen LogP contribution in [0.25, 0.3) is 0 Å². The maximum atomic E-state index is 11.7. The number of rotatable bonds is 11. The summed E-state index contributed by atoms with van der Waals surface area (Å²) in [4.78, 5) is 34.4. The first-order chi connectivity index (χ1) is 13.5. The Bertz CT molecular complexity index is 501. The fraction of sp³-hybridized carbons (Fsp3) is 0.857. The molecule has 0 spiro atoms. The molecule has 1 aliphatic carbocycles. The Morgan fingerprint density at radius 3 is 2.64 bits per heavy atom. The maximum Gasteiger partial charge on any atom is 0.305 e. The van der Waals surface area contributed by atoms with E-state index in [1.807, 2.05) is 0 Å². The van der Waals surface area contributed by atoms with Crippen molar-refractivity contribution in [3.8, 4) is 0 Å². The molecule has 2 aliphatic rings. The molecule has 0 N–H and O–H groups in total. The Labute approximate surface area is 167 Å². The van der Waals surface area contributed by atoms with Crippen molar-refractivity contribution < 1.29 is 33.3 Å². The van der Waals surface area contributed by atoms with Crippen molar-refractivity contribution in [3.63, 3.8) is 0 Å². The topological polar surface area (TPSA) is 88.1 Å². The highest BCUT2D eigenvalue weighted by Crippen LogP contribution is 2.38. The van der Waals surface area contributed by atoms with Crippen LogP contribution in [0.1, 0.15) is 71.1 Å². The molecule has 1 heterocycles. The highest BCUT2D eigenvalue weighted by molar-refractivity contribution is 5.69. The van der Waals surface area contributed by atoms with Crippen LogP contribution >= 0.6 is 0 Å². The van der Waals surface area contributed by atoms with Gasteiger partial charge in [-0.15, -0.1) is 0 Å². The van der Waals surface area contributed by atoms with Crippen LogP contribution in [0, 0.1) is 11.8 Å². The molecule has 2 fully saturated rings. The lowest BCUT2D eigenvalue weighted by Crippen LogP contribution is -2.32. The molecule has 0 amide bonds. The van der Waals surface area contributed by atoms with Crippen LogP contribution in [0.3, 0.4) is 0 Å². The maximum absolute atomic E-state index is 11.7. The molecule has 0 aromatic carbocycles. The molecule has 1 aliphatic heterocycles. The Kier molecular flexibility index (Phi) is 9.92. The SMILES string of the molecule is COC(=O)CCCC(CC[C@@H]1CC[C@H](OC2CCCCO2)[C@H]1C=O)OC(C)=O. The van der Waals surface area contributed by atoms with Gasteiger partial charge in [0.05, 0.1) is 13.2 Å². The standard InChI is InChI=1S/C21H34O7/c1-15(23)27-17(6-5-7-20(24)25-2)11-9-16-10-12-19(18(16)14-22)28-21-8-3-4-13-26-21/h14,16-19,21H,3-13H2,1-2H3/t16-,17?,18+,19+,21?/m1/s1. The minimum absolute atomic E-state index is 0.0860. The molecule has 0 aromatic heterocycles. The highest BCUT2D eigenvalue weighted by atomic mass is 16.7. The molecule has 7 nitrogen and oxygen atoms in total. The van der Waals surface area contributed by atoms with E-state index < -0.39 is 0 Å². The number of esters is 2. The predicted molar refractivity (Wildman–Crippen MR) is 101 cm³/mol. The van der Waals surface area contributed by atoms with Crippen LogP contribution in [0.2, 0.25) is 0 Å². The van der Waals surface area contributed by atoms with Crippen LogP contribution in [0.15, 0.2) is 0 Å². The normalized spacial score (nSPS) is 28.5. The molecule has 2 rings (SSSR count). The molecule has 5 atom stereocenters. The van der Waals surface area contributed by atoms with E-state index in [1.54, 1.807) is 0 Å². The number of carbonyl (C=O) groups excluding carboxylic acids is 3. The first kappa shape index (κ1) is 22.8. The van der Waals surface area contributed by atoms with Crippen LogP contribution in [-0.2, 0) is 33.3 Å². The average molecular weight is 398 g/mol. The van der Waals surface area contributed by atoms with E-state index >= 15 is 0 Å². The van der Waals surface area contributed by atoms with Gasteiger partial charge in [0.1, 0.15) is 12.4 Å². The Morgan fingerprint density at radius 2 is 2.00 bits per heavy atom.